The van der Waals surface area contributed by atoms with Gasteiger partial charge in [-0.25, -0.2) is 0 Å². The Morgan fingerprint density at radius 3 is 2.75 bits per heavy atom. The van der Waals surface area contributed by atoms with Crippen molar-refractivity contribution in [2.24, 2.45) is 5.73 Å². The third-order valence-corrected chi connectivity index (χ3v) is 2.39. The van der Waals surface area contributed by atoms with E-state index in [2.05, 4.69) is 10.1 Å². The minimum atomic E-state index is -0.387. The second-order valence-electron chi connectivity index (χ2n) is 3.48. The summed E-state index contributed by atoms with van der Waals surface area (Å²) in [4.78, 5) is 15.1. The summed E-state index contributed by atoms with van der Waals surface area (Å²) in [6.45, 7) is 1.72. The van der Waals surface area contributed by atoms with Crippen LogP contribution < -0.4 is 5.73 Å². The molecular weight excluding hydrogens is 206 g/mol. The van der Waals surface area contributed by atoms with Gasteiger partial charge < -0.3 is 10.3 Å². The molecule has 0 aliphatic rings. The van der Waals surface area contributed by atoms with E-state index in [4.69, 9.17) is 10.3 Å². The number of carbonyl (C=O) groups is 1. The van der Waals surface area contributed by atoms with Gasteiger partial charge in [-0.15, -0.1) is 0 Å². The Labute approximate surface area is 92.3 Å². The van der Waals surface area contributed by atoms with Gasteiger partial charge in [0.15, 0.2) is 0 Å². The molecule has 0 radical (unpaired) electrons. The van der Waals surface area contributed by atoms with Gasteiger partial charge in [-0.2, -0.15) is 0 Å². The molecule has 2 aromatic rings. The average Bonchev–Trinajstić information content (AvgIpc) is 2.81. The van der Waals surface area contributed by atoms with Gasteiger partial charge in [0.05, 0.1) is 11.6 Å². The number of nitrogens with zero attached hydrogens (tertiary/aromatic N) is 2. The third kappa shape index (κ3) is 1.93. The maximum absolute atomic E-state index is 11.0. The van der Waals surface area contributed by atoms with Crippen molar-refractivity contribution in [3.8, 4) is 11.3 Å². The second kappa shape index (κ2) is 4.14. The summed E-state index contributed by atoms with van der Waals surface area (Å²) in [5, 5.41) is 3.79. The van der Waals surface area contributed by atoms with Crippen molar-refractivity contribution in [3.63, 3.8) is 0 Å². The molecule has 1 amide bonds. The van der Waals surface area contributed by atoms with E-state index in [0.717, 1.165) is 5.56 Å². The topological polar surface area (TPSA) is 82.0 Å². The molecule has 2 N–H and O–H groups in total. The minimum absolute atomic E-state index is 0.383. The molecule has 5 nitrogen and oxygen atoms in total. The van der Waals surface area contributed by atoms with Crippen LogP contribution >= 0.6 is 0 Å². The fraction of sp³-hybridized carbons (Fsp3) is 0.182. The lowest BCUT2D eigenvalue weighted by molar-refractivity contribution is -0.119. The molecule has 2 heterocycles. The zero-order chi connectivity index (χ0) is 11.5. The van der Waals surface area contributed by atoms with Crippen molar-refractivity contribution in [2.45, 2.75) is 12.8 Å². The summed E-state index contributed by atoms with van der Waals surface area (Å²) in [7, 11) is 0. The third-order valence-electron chi connectivity index (χ3n) is 2.39. The van der Waals surface area contributed by atoms with Gasteiger partial charge in [0.2, 0.25) is 5.91 Å². The molecule has 0 bridgehead atoms. The molecule has 2 aromatic heterocycles. The quantitative estimate of drug-likeness (QED) is 0.840. The Kier molecular flexibility index (Phi) is 2.68. The number of hydrogen-bond acceptors (Lipinski definition) is 4. The number of pyridine rings is 1. The fourth-order valence-electron chi connectivity index (χ4n) is 1.32. The first-order chi connectivity index (χ1) is 7.68. The predicted molar refractivity (Wildman–Crippen MR) is 57.3 cm³/mol. The summed E-state index contributed by atoms with van der Waals surface area (Å²) in [6.07, 6.45) is 3.14. The molecule has 5 heteroatoms. The van der Waals surface area contributed by atoms with Crippen molar-refractivity contribution >= 4 is 5.91 Å². The van der Waals surface area contributed by atoms with Crippen LogP contribution in [0.1, 0.15) is 18.5 Å². The molecule has 0 fully saturated rings. The smallest absolute Gasteiger partial charge is 0.226 e. The summed E-state index contributed by atoms with van der Waals surface area (Å²) in [5.41, 5.74) is 7.40. The molecule has 16 heavy (non-hydrogen) atoms. The molecule has 0 saturated carbocycles. The summed E-state index contributed by atoms with van der Waals surface area (Å²) >= 11 is 0. The normalized spacial score (nSPS) is 12.3. The first kappa shape index (κ1) is 10.4. The molecule has 2 rings (SSSR count). The van der Waals surface area contributed by atoms with Crippen LogP contribution in [0.4, 0.5) is 0 Å². The van der Waals surface area contributed by atoms with Gasteiger partial charge in [-0.1, -0.05) is 5.16 Å². The molecule has 0 aliphatic heterocycles. The van der Waals surface area contributed by atoms with E-state index in [1.54, 1.807) is 25.3 Å². The van der Waals surface area contributed by atoms with Gasteiger partial charge in [0.1, 0.15) is 12.0 Å². The molecule has 1 unspecified atom stereocenters. The molecular formula is C11H11N3O2. The highest BCUT2D eigenvalue weighted by Gasteiger charge is 2.13. The molecule has 0 aromatic carbocycles. The van der Waals surface area contributed by atoms with Crippen LogP contribution in [0.3, 0.4) is 0 Å². The lowest BCUT2D eigenvalue weighted by Gasteiger charge is -2.06. The summed E-state index contributed by atoms with van der Waals surface area (Å²) in [5.74, 6) is -0.770. The van der Waals surface area contributed by atoms with Gasteiger partial charge in [0, 0.05) is 17.8 Å². The van der Waals surface area contributed by atoms with E-state index in [-0.39, 0.29) is 11.8 Å². The highest BCUT2D eigenvalue weighted by Crippen LogP contribution is 2.18. The number of primary amides is 1. The zero-order valence-corrected chi connectivity index (χ0v) is 8.75. The standard InChI is InChI=1S/C11H11N3O2/c1-7(11(12)15)9-3-2-8(6-13-9)10-4-5-16-14-10/h2-7H,1H3,(H2,12,15). The lowest BCUT2D eigenvalue weighted by atomic mass is 10.1. The SMILES string of the molecule is CC(C(N)=O)c1ccc(-c2ccon2)cn1. The molecule has 1 atom stereocenters. The van der Waals surface area contributed by atoms with Crippen molar-refractivity contribution < 1.29 is 9.32 Å². The monoisotopic (exact) mass is 217 g/mol. The van der Waals surface area contributed by atoms with Gasteiger partial charge in [-0.3, -0.25) is 9.78 Å². The van der Waals surface area contributed by atoms with Crippen LogP contribution in [0.5, 0.6) is 0 Å². The van der Waals surface area contributed by atoms with Crippen LogP contribution in [0.15, 0.2) is 35.2 Å². The van der Waals surface area contributed by atoms with E-state index in [1.807, 2.05) is 6.07 Å². The van der Waals surface area contributed by atoms with E-state index in [9.17, 15) is 4.79 Å². The van der Waals surface area contributed by atoms with Crippen LogP contribution in [-0.2, 0) is 4.79 Å². The highest BCUT2D eigenvalue weighted by molar-refractivity contribution is 5.81. The number of rotatable bonds is 3. The van der Waals surface area contributed by atoms with E-state index in [0.29, 0.717) is 11.4 Å². The Bertz CT molecular complexity index is 476. The van der Waals surface area contributed by atoms with E-state index in [1.165, 1.54) is 6.26 Å². The number of amides is 1. The maximum Gasteiger partial charge on any atom is 0.226 e. The first-order valence-electron chi connectivity index (χ1n) is 4.84. The second-order valence-corrected chi connectivity index (χ2v) is 3.48. The van der Waals surface area contributed by atoms with E-state index >= 15 is 0 Å². The molecule has 0 spiro atoms. The molecule has 0 aliphatic carbocycles. The predicted octanol–water partition coefficient (Wildman–Crippen LogP) is 1.33. The summed E-state index contributed by atoms with van der Waals surface area (Å²) in [6, 6.07) is 5.34. The average molecular weight is 217 g/mol. The number of aromatic nitrogens is 2. The van der Waals surface area contributed by atoms with Crippen LogP contribution in [0.2, 0.25) is 0 Å². The van der Waals surface area contributed by atoms with Gasteiger partial charge in [-0.05, 0) is 19.1 Å². The Balaban J connectivity index is 2.26. The first-order valence-corrected chi connectivity index (χ1v) is 4.84. The summed E-state index contributed by atoms with van der Waals surface area (Å²) < 4.78 is 4.73. The molecule has 0 saturated heterocycles. The van der Waals surface area contributed by atoms with Gasteiger partial charge >= 0.3 is 0 Å². The van der Waals surface area contributed by atoms with Crippen molar-refractivity contribution in [1.29, 1.82) is 0 Å². The Morgan fingerprint density at radius 2 is 2.25 bits per heavy atom. The zero-order valence-electron chi connectivity index (χ0n) is 8.75. The lowest BCUT2D eigenvalue weighted by Crippen LogP contribution is -2.19. The number of hydrogen-bond donors (Lipinski definition) is 1. The van der Waals surface area contributed by atoms with Crippen LogP contribution in [0, 0.1) is 0 Å². The minimum Gasteiger partial charge on any atom is -0.369 e. The number of carbonyl (C=O) groups excluding carboxylic acids is 1. The van der Waals surface area contributed by atoms with E-state index < -0.39 is 0 Å². The van der Waals surface area contributed by atoms with Crippen molar-refractivity contribution in [3.05, 3.63) is 36.4 Å². The van der Waals surface area contributed by atoms with Crippen LogP contribution in [-0.4, -0.2) is 16.0 Å². The highest BCUT2D eigenvalue weighted by atomic mass is 16.5. The van der Waals surface area contributed by atoms with Gasteiger partial charge in [0.25, 0.3) is 0 Å². The molecule has 82 valence electrons. The Hall–Kier alpha value is -2.17. The number of nitrogens with two attached hydrogens (primary N) is 1. The van der Waals surface area contributed by atoms with Crippen molar-refractivity contribution in [1.82, 2.24) is 10.1 Å². The maximum atomic E-state index is 11.0. The van der Waals surface area contributed by atoms with Crippen LogP contribution in [0.25, 0.3) is 11.3 Å². The Morgan fingerprint density at radius 1 is 1.44 bits per heavy atom. The van der Waals surface area contributed by atoms with Crippen molar-refractivity contribution in [2.75, 3.05) is 0 Å². The largest absolute Gasteiger partial charge is 0.369 e. The fourth-order valence-corrected chi connectivity index (χ4v) is 1.32.